The van der Waals surface area contributed by atoms with Crippen LogP contribution in [0.15, 0.2) is 34.8 Å². The third-order valence-corrected chi connectivity index (χ3v) is 3.82. The number of amides is 1. The topological polar surface area (TPSA) is 66.4 Å². The molecule has 1 aromatic heterocycles. The number of nitrogens with one attached hydrogen (secondary N) is 1. The van der Waals surface area contributed by atoms with Gasteiger partial charge in [0.15, 0.2) is 0 Å². The molecule has 0 spiro atoms. The number of carboxylic acid groups (broad SMARTS) is 1. The lowest BCUT2D eigenvalue weighted by atomic mass is 10.2. The van der Waals surface area contributed by atoms with Crippen LogP contribution in [0, 0.1) is 6.92 Å². The van der Waals surface area contributed by atoms with Crippen LogP contribution in [-0.2, 0) is 0 Å². The third kappa shape index (κ3) is 3.42. The zero-order chi connectivity index (χ0) is 14.0. The van der Waals surface area contributed by atoms with Gasteiger partial charge in [0.25, 0.3) is 5.91 Å². The molecule has 1 aromatic carbocycles. The minimum absolute atomic E-state index is 0.118. The van der Waals surface area contributed by atoms with E-state index in [0.717, 1.165) is 4.88 Å². The SMILES string of the molecule is Cc1ccc(C(=O)Nc2cc(Br)cc(C(=O)O)c2)s1. The minimum atomic E-state index is -1.04. The molecule has 1 amide bonds. The molecule has 1 heterocycles. The maximum absolute atomic E-state index is 12.0. The molecule has 0 saturated heterocycles. The Hall–Kier alpha value is -1.66. The summed E-state index contributed by atoms with van der Waals surface area (Å²) in [5.41, 5.74) is 0.565. The van der Waals surface area contributed by atoms with Crippen molar-refractivity contribution in [2.75, 3.05) is 5.32 Å². The van der Waals surface area contributed by atoms with E-state index in [-0.39, 0.29) is 11.5 Å². The number of carbonyl (C=O) groups is 2. The molecule has 4 nitrogen and oxygen atoms in total. The van der Waals surface area contributed by atoms with Crippen molar-refractivity contribution in [3.8, 4) is 0 Å². The molecule has 0 unspecified atom stereocenters. The molecule has 2 aromatic rings. The largest absolute Gasteiger partial charge is 0.478 e. The lowest BCUT2D eigenvalue weighted by Crippen LogP contribution is -2.10. The molecule has 0 atom stereocenters. The van der Waals surface area contributed by atoms with Crippen molar-refractivity contribution in [2.24, 2.45) is 0 Å². The second-order valence-electron chi connectivity index (χ2n) is 3.90. The molecule has 6 heteroatoms. The Labute approximate surface area is 122 Å². The Kier molecular flexibility index (Phi) is 4.01. The molecule has 0 saturated carbocycles. The van der Waals surface area contributed by atoms with Crippen molar-refractivity contribution in [3.63, 3.8) is 0 Å². The molecule has 0 bridgehead atoms. The van der Waals surface area contributed by atoms with E-state index in [1.807, 2.05) is 13.0 Å². The van der Waals surface area contributed by atoms with Crippen LogP contribution >= 0.6 is 27.3 Å². The molecule has 0 aliphatic rings. The normalized spacial score (nSPS) is 10.2. The number of carbonyl (C=O) groups excluding carboxylic acids is 1. The number of aromatic carboxylic acids is 1. The number of halogens is 1. The van der Waals surface area contributed by atoms with E-state index in [2.05, 4.69) is 21.2 Å². The fraction of sp³-hybridized carbons (Fsp3) is 0.0769. The lowest BCUT2D eigenvalue weighted by Gasteiger charge is -2.06. The van der Waals surface area contributed by atoms with Gasteiger partial charge in [0.05, 0.1) is 10.4 Å². The number of hydrogen-bond acceptors (Lipinski definition) is 3. The molecule has 98 valence electrons. The van der Waals surface area contributed by atoms with Crippen molar-refractivity contribution < 1.29 is 14.7 Å². The van der Waals surface area contributed by atoms with Crippen molar-refractivity contribution in [1.82, 2.24) is 0 Å². The van der Waals surface area contributed by atoms with E-state index in [4.69, 9.17) is 5.11 Å². The third-order valence-electron chi connectivity index (χ3n) is 2.37. The molecule has 0 radical (unpaired) electrons. The van der Waals surface area contributed by atoms with Crippen LogP contribution < -0.4 is 5.32 Å². The van der Waals surface area contributed by atoms with Crippen LogP contribution in [0.4, 0.5) is 5.69 Å². The summed E-state index contributed by atoms with van der Waals surface area (Å²) < 4.78 is 0.602. The summed E-state index contributed by atoms with van der Waals surface area (Å²) in [5, 5.41) is 11.6. The summed E-state index contributed by atoms with van der Waals surface area (Å²) in [6.07, 6.45) is 0. The van der Waals surface area contributed by atoms with Gasteiger partial charge in [-0.1, -0.05) is 15.9 Å². The number of carboxylic acids is 1. The van der Waals surface area contributed by atoms with Crippen molar-refractivity contribution in [1.29, 1.82) is 0 Å². The Bertz CT molecular complexity index is 651. The fourth-order valence-corrected chi connectivity index (χ4v) is 2.79. The fourth-order valence-electron chi connectivity index (χ4n) is 1.53. The average molecular weight is 340 g/mol. The van der Waals surface area contributed by atoms with E-state index >= 15 is 0 Å². The molecule has 0 fully saturated rings. The standard InChI is InChI=1S/C13H10BrNO3S/c1-7-2-3-11(19-7)12(16)15-10-5-8(13(17)18)4-9(14)6-10/h2-6H,1H3,(H,15,16)(H,17,18). The molecule has 2 N–H and O–H groups in total. The summed E-state index contributed by atoms with van der Waals surface area (Å²) in [6.45, 7) is 1.92. The first-order chi connectivity index (χ1) is 8.95. The molecular weight excluding hydrogens is 330 g/mol. The van der Waals surface area contributed by atoms with E-state index in [1.165, 1.54) is 23.5 Å². The number of aryl methyl sites for hydroxylation is 1. The zero-order valence-electron chi connectivity index (χ0n) is 9.94. The summed E-state index contributed by atoms with van der Waals surface area (Å²) >= 11 is 4.61. The molecule has 19 heavy (non-hydrogen) atoms. The van der Waals surface area contributed by atoms with Crippen molar-refractivity contribution in [3.05, 3.63) is 50.1 Å². The predicted octanol–water partition coefficient (Wildman–Crippen LogP) is 3.77. The van der Waals surface area contributed by atoms with Crippen LogP contribution in [-0.4, -0.2) is 17.0 Å². The Morgan fingerprint density at radius 3 is 2.58 bits per heavy atom. The minimum Gasteiger partial charge on any atom is -0.478 e. The first kappa shape index (κ1) is 13.8. The van der Waals surface area contributed by atoms with Crippen LogP contribution in [0.25, 0.3) is 0 Å². The summed E-state index contributed by atoms with van der Waals surface area (Å²) in [6, 6.07) is 8.16. The smallest absolute Gasteiger partial charge is 0.335 e. The van der Waals surface area contributed by atoms with E-state index in [1.54, 1.807) is 12.1 Å². The monoisotopic (exact) mass is 339 g/mol. The number of rotatable bonds is 3. The molecular formula is C13H10BrNO3S. The van der Waals surface area contributed by atoms with Gasteiger partial charge >= 0.3 is 5.97 Å². The first-order valence-electron chi connectivity index (χ1n) is 5.37. The maximum Gasteiger partial charge on any atom is 0.335 e. The van der Waals surface area contributed by atoms with Gasteiger partial charge in [-0.25, -0.2) is 4.79 Å². The van der Waals surface area contributed by atoms with Gasteiger partial charge in [-0.2, -0.15) is 0 Å². The lowest BCUT2D eigenvalue weighted by molar-refractivity contribution is 0.0696. The summed E-state index contributed by atoms with van der Waals surface area (Å²) in [7, 11) is 0. The van der Waals surface area contributed by atoms with E-state index in [0.29, 0.717) is 15.0 Å². The summed E-state index contributed by atoms with van der Waals surface area (Å²) in [5.74, 6) is -1.28. The van der Waals surface area contributed by atoms with Gasteiger partial charge in [0.2, 0.25) is 0 Å². The number of thiophene rings is 1. The van der Waals surface area contributed by atoms with E-state index in [9.17, 15) is 9.59 Å². The van der Waals surface area contributed by atoms with Crippen molar-refractivity contribution in [2.45, 2.75) is 6.92 Å². The number of anilines is 1. The molecule has 0 aliphatic heterocycles. The number of benzene rings is 1. The van der Waals surface area contributed by atoms with Crippen LogP contribution in [0.2, 0.25) is 0 Å². The Morgan fingerprint density at radius 1 is 1.26 bits per heavy atom. The van der Waals surface area contributed by atoms with E-state index < -0.39 is 5.97 Å². The maximum atomic E-state index is 12.0. The van der Waals surface area contributed by atoms with Gasteiger partial charge in [0.1, 0.15) is 0 Å². The van der Waals surface area contributed by atoms with Crippen LogP contribution in [0.1, 0.15) is 24.9 Å². The van der Waals surface area contributed by atoms with Gasteiger partial charge in [0, 0.05) is 15.0 Å². The van der Waals surface area contributed by atoms with Gasteiger partial charge in [-0.05, 0) is 37.3 Å². The molecule has 0 aliphatic carbocycles. The van der Waals surface area contributed by atoms with Crippen molar-refractivity contribution >= 4 is 44.8 Å². The van der Waals surface area contributed by atoms with Gasteiger partial charge in [-0.3, -0.25) is 4.79 Å². The molecule has 2 rings (SSSR count). The highest BCUT2D eigenvalue weighted by Crippen LogP contribution is 2.22. The van der Waals surface area contributed by atoms with Gasteiger partial charge < -0.3 is 10.4 Å². The van der Waals surface area contributed by atoms with Crippen LogP contribution in [0.5, 0.6) is 0 Å². The van der Waals surface area contributed by atoms with Crippen LogP contribution in [0.3, 0.4) is 0 Å². The first-order valence-corrected chi connectivity index (χ1v) is 6.98. The Balaban J connectivity index is 2.23. The summed E-state index contributed by atoms with van der Waals surface area (Å²) in [4.78, 5) is 24.5. The number of hydrogen-bond donors (Lipinski definition) is 2. The predicted molar refractivity (Wildman–Crippen MR) is 78.1 cm³/mol. The second kappa shape index (κ2) is 5.54. The average Bonchev–Trinajstić information content (AvgIpc) is 2.75. The van der Waals surface area contributed by atoms with Gasteiger partial charge in [-0.15, -0.1) is 11.3 Å². The highest BCUT2D eigenvalue weighted by Gasteiger charge is 2.11. The highest BCUT2D eigenvalue weighted by molar-refractivity contribution is 9.10. The zero-order valence-corrected chi connectivity index (χ0v) is 12.3. The second-order valence-corrected chi connectivity index (χ2v) is 6.10. The highest BCUT2D eigenvalue weighted by atomic mass is 79.9. The Morgan fingerprint density at radius 2 is 2.00 bits per heavy atom. The quantitative estimate of drug-likeness (QED) is 0.894.